The summed E-state index contributed by atoms with van der Waals surface area (Å²) in [5.41, 5.74) is 1.23. The predicted octanol–water partition coefficient (Wildman–Crippen LogP) is 1.72. The van der Waals surface area contributed by atoms with Crippen molar-refractivity contribution in [2.75, 3.05) is 0 Å². The van der Waals surface area contributed by atoms with Crippen LogP contribution in [0.3, 0.4) is 0 Å². The monoisotopic (exact) mass is 126 g/mol. The quantitative estimate of drug-likeness (QED) is 0.530. The van der Waals surface area contributed by atoms with E-state index in [0.717, 1.165) is 19.3 Å². The van der Waals surface area contributed by atoms with Gasteiger partial charge in [-0.1, -0.05) is 12.2 Å². The molecular weight excluding hydrogens is 112 g/mol. The summed E-state index contributed by atoms with van der Waals surface area (Å²) in [6.45, 7) is 5.90. The molecule has 1 N–H and O–H groups in total. The summed E-state index contributed by atoms with van der Waals surface area (Å²) in [7, 11) is 0. The summed E-state index contributed by atoms with van der Waals surface area (Å²) >= 11 is 0. The molecule has 0 aromatic carbocycles. The van der Waals surface area contributed by atoms with Gasteiger partial charge in [-0.2, -0.15) is 0 Å². The SMILES string of the molecule is C=C(C)[C@H]1CC[C@@H](O)C1. The molecule has 2 atom stereocenters. The lowest BCUT2D eigenvalue weighted by Crippen LogP contribution is -2.00. The van der Waals surface area contributed by atoms with Gasteiger partial charge in [0.15, 0.2) is 0 Å². The van der Waals surface area contributed by atoms with Crippen molar-refractivity contribution in [2.45, 2.75) is 32.3 Å². The van der Waals surface area contributed by atoms with Crippen LogP contribution in [0.5, 0.6) is 0 Å². The lowest BCUT2D eigenvalue weighted by Gasteiger charge is -2.06. The van der Waals surface area contributed by atoms with Gasteiger partial charge in [-0.3, -0.25) is 0 Å². The van der Waals surface area contributed by atoms with Gasteiger partial charge in [0.2, 0.25) is 0 Å². The summed E-state index contributed by atoms with van der Waals surface area (Å²) in [5.74, 6) is 0.597. The van der Waals surface area contributed by atoms with Crippen LogP contribution in [0.1, 0.15) is 26.2 Å². The number of rotatable bonds is 1. The first-order valence-electron chi connectivity index (χ1n) is 3.53. The van der Waals surface area contributed by atoms with Gasteiger partial charge >= 0.3 is 0 Å². The Morgan fingerprint density at radius 1 is 1.56 bits per heavy atom. The normalized spacial score (nSPS) is 34.9. The second-order valence-corrected chi connectivity index (χ2v) is 3.01. The fraction of sp³-hybridized carbons (Fsp3) is 0.750. The van der Waals surface area contributed by atoms with E-state index < -0.39 is 0 Å². The first-order valence-corrected chi connectivity index (χ1v) is 3.53. The van der Waals surface area contributed by atoms with Crippen LogP contribution in [0, 0.1) is 5.92 Å². The number of aliphatic hydroxyl groups excluding tert-OH is 1. The van der Waals surface area contributed by atoms with Crippen LogP contribution in [0.2, 0.25) is 0 Å². The van der Waals surface area contributed by atoms with E-state index in [1.165, 1.54) is 5.57 Å². The Morgan fingerprint density at radius 2 is 2.22 bits per heavy atom. The van der Waals surface area contributed by atoms with Gasteiger partial charge in [-0.15, -0.1) is 0 Å². The molecule has 0 saturated heterocycles. The van der Waals surface area contributed by atoms with Crippen molar-refractivity contribution >= 4 is 0 Å². The number of allylic oxidation sites excluding steroid dienone is 1. The van der Waals surface area contributed by atoms with Gasteiger partial charge in [-0.25, -0.2) is 0 Å². The fourth-order valence-electron chi connectivity index (χ4n) is 1.41. The van der Waals surface area contributed by atoms with E-state index in [9.17, 15) is 0 Å². The predicted molar refractivity (Wildman–Crippen MR) is 38.2 cm³/mol. The van der Waals surface area contributed by atoms with Crippen molar-refractivity contribution in [1.29, 1.82) is 0 Å². The summed E-state index contributed by atoms with van der Waals surface area (Å²) in [5, 5.41) is 9.11. The van der Waals surface area contributed by atoms with Gasteiger partial charge in [-0.05, 0) is 32.1 Å². The van der Waals surface area contributed by atoms with Crippen molar-refractivity contribution in [3.05, 3.63) is 12.2 Å². The molecular formula is C8H14O. The minimum atomic E-state index is -0.0494. The highest BCUT2D eigenvalue weighted by molar-refractivity contribution is 4.99. The molecule has 0 spiro atoms. The third-order valence-corrected chi connectivity index (χ3v) is 2.10. The lowest BCUT2D eigenvalue weighted by molar-refractivity contribution is 0.179. The third kappa shape index (κ3) is 1.55. The second-order valence-electron chi connectivity index (χ2n) is 3.01. The topological polar surface area (TPSA) is 20.2 Å². The van der Waals surface area contributed by atoms with Crippen LogP contribution >= 0.6 is 0 Å². The third-order valence-electron chi connectivity index (χ3n) is 2.10. The molecule has 9 heavy (non-hydrogen) atoms. The molecule has 1 heteroatoms. The zero-order valence-electron chi connectivity index (χ0n) is 5.93. The standard InChI is InChI=1S/C8H14O/c1-6(2)7-3-4-8(9)5-7/h7-9H,1,3-5H2,2H3/t7-,8+/m0/s1. The zero-order chi connectivity index (χ0) is 6.85. The van der Waals surface area contributed by atoms with E-state index in [2.05, 4.69) is 6.58 Å². The molecule has 0 unspecified atom stereocenters. The molecule has 0 heterocycles. The van der Waals surface area contributed by atoms with Crippen LogP contribution in [-0.4, -0.2) is 11.2 Å². The molecule has 0 aromatic rings. The molecule has 1 rings (SSSR count). The Labute approximate surface area is 56.4 Å². The van der Waals surface area contributed by atoms with Gasteiger partial charge in [0, 0.05) is 0 Å². The van der Waals surface area contributed by atoms with E-state index in [1.54, 1.807) is 0 Å². The Kier molecular flexibility index (Phi) is 1.91. The lowest BCUT2D eigenvalue weighted by atomic mass is 10.0. The van der Waals surface area contributed by atoms with Crippen LogP contribution in [0.15, 0.2) is 12.2 Å². The molecule has 1 fully saturated rings. The van der Waals surface area contributed by atoms with Crippen molar-refractivity contribution in [3.8, 4) is 0 Å². The largest absolute Gasteiger partial charge is 0.393 e. The van der Waals surface area contributed by atoms with E-state index >= 15 is 0 Å². The minimum Gasteiger partial charge on any atom is -0.393 e. The summed E-state index contributed by atoms with van der Waals surface area (Å²) in [6, 6.07) is 0. The molecule has 0 radical (unpaired) electrons. The highest BCUT2D eigenvalue weighted by atomic mass is 16.3. The van der Waals surface area contributed by atoms with E-state index in [1.807, 2.05) is 6.92 Å². The molecule has 1 aliphatic carbocycles. The number of aliphatic hydroxyl groups is 1. The maximum atomic E-state index is 9.11. The summed E-state index contributed by atoms with van der Waals surface area (Å²) < 4.78 is 0. The van der Waals surface area contributed by atoms with E-state index in [0.29, 0.717) is 5.92 Å². The number of hydrogen-bond acceptors (Lipinski definition) is 1. The Balaban J connectivity index is 2.39. The molecule has 1 saturated carbocycles. The molecule has 1 nitrogen and oxygen atoms in total. The summed E-state index contributed by atoms with van der Waals surface area (Å²) in [6.07, 6.45) is 3.00. The Hall–Kier alpha value is -0.300. The first-order chi connectivity index (χ1) is 4.20. The van der Waals surface area contributed by atoms with Crippen molar-refractivity contribution in [3.63, 3.8) is 0 Å². The first kappa shape index (κ1) is 6.81. The molecule has 0 aliphatic heterocycles. The van der Waals surface area contributed by atoms with Gasteiger partial charge in [0.25, 0.3) is 0 Å². The Morgan fingerprint density at radius 3 is 2.44 bits per heavy atom. The van der Waals surface area contributed by atoms with E-state index in [-0.39, 0.29) is 6.10 Å². The highest BCUT2D eigenvalue weighted by Gasteiger charge is 2.22. The van der Waals surface area contributed by atoms with Crippen LogP contribution in [0.4, 0.5) is 0 Å². The second kappa shape index (κ2) is 2.53. The average molecular weight is 126 g/mol. The van der Waals surface area contributed by atoms with Crippen LogP contribution in [0.25, 0.3) is 0 Å². The molecule has 0 bridgehead atoms. The maximum absolute atomic E-state index is 9.11. The molecule has 52 valence electrons. The number of hydrogen-bond donors (Lipinski definition) is 1. The summed E-state index contributed by atoms with van der Waals surface area (Å²) in [4.78, 5) is 0. The Bertz CT molecular complexity index is 118. The van der Waals surface area contributed by atoms with Gasteiger partial charge in [0.05, 0.1) is 6.10 Å². The van der Waals surface area contributed by atoms with Crippen molar-refractivity contribution in [2.24, 2.45) is 5.92 Å². The van der Waals surface area contributed by atoms with E-state index in [4.69, 9.17) is 5.11 Å². The van der Waals surface area contributed by atoms with Crippen molar-refractivity contribution in [1.82, 2.24) is 0 Å². The minimum absolute atomic E-state index is 0.0494. The fourth-order valence-corrected chi connectivity index (χ4v) is 1.41. The maximum Gasteiger partial charge on any atom is 0.0546 e. The van der Waals surface area contributed by atoms with Gasteiger partial charge in [0.1, 0.15) is 0 Å². The zero-order valence-corrected chi connectivity index (χ0v) is 5.93. The van der Waals surface area contributed by atoms with Crippen LogP contribution in [-0.2, 0) is 0 Å². The van der Waals surface area contributed by atoms with Gasteiger partial charge < -0.3 is 5.11 Å². The molecule has 0 amide bonds. The molecule has 1 aliphatic rings. The van der Waals surface area contributed by atoms with Crippen molar-refractivity contribution < 1.29 is 5.11 Å². The van der Waals surface area contributed by atoms with Crippen LogP contribution < -0.4 is 0 Å². The highest BCUT2D eigenvalue weighted by Crippen LogP contribution is 2.29. The molecule has 0 aromatic heterocycles. The smallest absolute Gasteiger partial charge is 0.0546 e. The average Bonchev–Trinajstić information content (AvgIpc) is 2.14.